The SMILES string of the molecule is Cc1nc(SCCC(=O)Nc2nc3ccccc3s2)c(C#N)c(C)c1C. The molecule has 3 rings (SSSR count). The number of amides is 1. The van der Waals surface area contributed by atoms with Crippen LogP contribution < -0.4 is 5.32 Å². The largest absolute Gasteiger partial charge is 0.302 e. The standard InChI is InChI=1S/C19H18N4OS2/c1-11-12(2)14(10-20)18(21-13(11)3)25-9-8-17(24)23-19-22-15-6-4-5-7-16(15)26-19/h4-7H,8-9H2,1-3H3,(H,22,23,24). The molecular formula is C19H18N4OS2. The number of rotatable bonds is 5. The minimum Gasteiger partial charge on any atom is -0.302 e. The summed E-state index contributed by atoms with van der Waals surface area (Å²) in [5.41, 5.74) is 4.41. The van der Waals surface area contributed by atoms with Gasteiger partial charge in [0, 0.05) is 17.9 Å². The molecule has 0 atom stereocenters. The van der Waals surface area contributed by atoms with Gasteiger partial charge in [-0.1, -0.05) is 23.5 Å². The van der Waals surface area contributed by atoms with Crippen molar-refractivity contribution in [1.82, 2.24) is 9.97 Å². The van der Waals surface area contributed by atoms with Crippen molar-refractivity contribution in [3.8, 4) is 6.07 Å². The molecule has 1 N–H and O–H groups in total. The number of benzene rings is 1. The molecule has 0 fully saturated rings. The number of hydrogen-bond donors (Lipinski definition) is 1. The predicted octanol–water partition coefficient (Wildman–Crippen LogP) is 4.61. The molecule has 0 spiro atoms. The first kappa shape index (κ1) is 18.4. The number of thioether (sulfide) groups is 1. The fourth-order valence-corrected chi connectivity index (χ4v) is 4.40. The maximum absolute atomic E-state index is 12.2. The molecule has 0 aliphatic rings. The van der Waals surface area contributed by atoms with Crippen molar-refractivity contribution in [2.45, 2.75) is 32.2 Å². The lowest BCUT2D eigenvalue weighted by atomic mass is 10.1. The zero-order valence-corrected chi connectivity index (χ0v) is 16.4. The van der Waals surface area contributed by atoms with Crippen molar-refractivity contribution in [2.75, 3.05) is 11.1 Å². The van der Waals surface area contributed by atoms with Crippen molar-refractivity contribution in [3.63, 3.8) is 0 Å². The van der Waals surface area contributed by atoms with Crippen LogP contribution in [0.15, 0.2) is 29.3 Å². The minimum absolute atomic E-state index is 0.0874. The molecule has 7 heteroatoms. The Balaban J connectivity index is 1.61. The smallest absolute Gasteiger partial charge is 0.226 e. The van der Waals surface area contributed by atoms with Crippen molar-refractivity contribution in [1.29, 1.82) is 5.26 Å². The highest BCUT2D eigenvalue weighted by molar-refractivity contribution is 7.99. The lowest BCUT2D eigenvalue weighted by Crippen LogP contribution is -2.12. The Labute approximate surface area is 160 Å². The van der Waals surface area contributed by atoms with Crippen molar-refractivity contribution >= 4 is 44.4 Å². The second-order valence-corrected chi connectivity index (χ2v) is 7.99. The van der Waals surface area contributed by atoms with E-state index in [0.717, 1.165) is 27.0 Å². The van der Waals surface area contributed by atoms with Crippen LogP contribution in [0.25, 0.3) is 10.2 Å². The van der Waals surface area contributed by atoms with Crippen molar-refractivity contribution < 1.29 is 4.79 Å². The molecule has 0 aliphatic heterocycles. The van der Waals surface area contributed by atoms with Crippen LogP contribution in [0.3, 0.4) is 0 Å². The van der Waals surface area contributed by atoms with Gasteiger partial charge in [-0.3, -0.25) is 4.79 Å². The average molecular weight is 383 g/mol. The summed E-state index contributed by atoms with van der Waals surface area (Å²) < 4.78 is 1.05. The summed E-state index contributed by atoms with van der Waals surface area (Å²) in [5.74, 6) is 0.469. The van der Waals surface area contributed by atoms with Gasteiger partial charge < -0.3 is 5.32 Å². The van der Waals surface area contributed by atoms with Gasteiger partial charge in [0.15, 0.2) is 5.13 Å². The second-order valence-electron chi connectivity index (χ2n) is 5.87. The molecular weight excluding hydrogens is 364 g/mol. The Morgan fingerprint density at radius 1 is 1.23 bits per heavy atom. The summed E-state index contributed by atoms with van der Waals surface area (Å²) >= 11 is 2.90. The normalized spacial score (nSPS) is 10.7. The van der Waals surface area contributed by atoms with E-state index < -0.39 is 0 Å². The van der Waals surface area contributed by atoms with E-state index in [-0.39, 0.29) is 5.91 Å². The molecule has 5 nitrogen and oxygen atoms in total. The van der Waals surface area contributed by atoms with E-state index in [1.54, 1.807) is 0 Å². The number of aryl methyl sites for hydroxylation is 1. The fraction of sp³-hybridized carbons (Fsp3) is 0.263. The third-order valence-corrected chi connectivity index (χ3v) is 6.11. The van der Waals surface area contributed by atoms with Crippen LogP contribution in [0.4, 0.5) is 5.13 Å². The number of nitriles is 1. The lowest BCUT2D eigenvalue weighted by molar-refractivity contribution is -0.115. The second kappa shape index (κ2) is 7.85. The van der Waals surface area contributed by atoms with E-state index in [1.807, 2.05) is 45.0 Å². The van der Waals surface area contributed by atoms with E-state index in [9.17, 15) is 10.1 Å². The maximum Gasteiger partial charge on any atom is 0.226 e. The highest BCUT2D eigenvalue weighted by Gasteiger charge is 2.14. The van der Waals surface area contributed by atoms with Gasteiger partial charge in [0.25, 0.3) is 0 Å². The van der Waals surface area contributed by atoms with Crippen LogP contribution in [-0.4, -0.2) is 21.6 Å². The molecule has 2 heterocycles. The third-order valence-electron chi connectivity index (χ3n) is 4.18. The number of pyridine rings is 1. The van der Waals surface area contributed by atoms with E-state index in [0.29, 0.717) is 27.9 Å². The quantitative estimate of drug-likeness (QED) is 0.652. The summed E-state index contributed by atoms with van der Waals surface area (Å²) in [6, 6.07) is 10.0. The van der Waals surface area contributed by atoms with Gasteiger partial charge >= 0.3 is 0 Å². The van der Waals surface area contributed by atoms with Gasteiger partial charge in [-0.25, -0.2) is 9.97 Å². The van der Waals surface area contributed by atoms with Gasteiger partial charge in [-0.05, 0) is 44.0 Å². The minimum atomic E-state index is -0.0874. The maximum atomic E-state index is 12.2. The summed E-state index contributed by atoms with van der Waals surface area (Å²) in [6.45, 7) is 5.85. The van der Waals surface area contributed by atoms with E-state index in [4.69, 9.17) is 0 Å². The molecule has 0 unspecified atom stereocenters. The molecule has 3 aromatic rings. The van der Waals surface area contributed by atoms with Gasteiger partial charge in [-0.15, -0.1) is 11.8 Å². The number of anilines is 1. The van der Waals surface area contributed by atoms with E-state index >= 15 is 0 Å². The molecule has 0 bridgehead atoms. The molecule has 2 aromatic heterocycles. The monoisotopic (exact) mass is 382 g/mol. The molecule has 1 amide bonds. The highest BCUT2D eigenvalue weighted by atomic mass is 32.2. The zero-order valence-electron chi connectivity index (χ0n) is 14.8. The number of nitrogens with zero attached hydrogens (tertiary/aromatic N) is 3. The van der Waals surface area contributed by atoms with Crippen LogP contribution in [0.1, 0.15) is 28.8 Å². The third kappa shape index (κ3) is 3.87. The van der Waals surface area contributed by atoms with Crippen LogP contribution in [-0.2, 0) is 4.79 Å². The number of para-hydroxylation sites is 1. The first-order valence-electron chi connectivity index (χ1n) is 8.15. The molecule has 1 aromatic carbocycles. The van der Waals surface area contributed by atoms with Crippen LogP contribution in [0, 0.1) is 32.1 Å². The molecule has 0 saturated carbocycles. The lowest BCUT2D eigenvalue weighted by Gasteiger charge is -2.10. The first-order valence-corrected chi connectivity index (χ1v) is 9.96. The van der Waals surface area contributed by atoms with Crippen LogP contribution in [0.2, 0.25) is 0 Å². The number of thiazole rings is 1. The van der Waals surface area contributed by atoms with Gasteiger partial charge in [-0.2, -0.15) is 5.26 Å². The zero-order chi connectivity index (χ0) is 18.7. The number of nitrogens with one attached hydrogen (secondary N) is 1. The first-order chi connectivity index (χ1) is 12.5. The van der Waals surface area contributed by atoms with E-state index in [2.05, 4.69) is 21.4 Å². The summed E-state index contributed by atoms with van der Waals surface area (Å²) in [4.78, 5) is 21.1. The molecule has 0 radical (unpaired) electrons. The molecule has 132 valence electrons. The highest BCUT2D eigenvalue weighted by Crippen LogP contribution is 2.28. The Kier molecular flexibility index (Phi) is 5.55. The Hall–Kier alpha value is -2.43. The van der Waals surface area contributed by atoms with Gasteiger partial charge in [0.2, 0.25) is 5.91 Å². The summed E-state index contributed by atoms with van der Waals surface area (Å²) in [5, 5.41) is 13.6. The Morgan fingerprint density at radius 3 is 2.73 bits per heavy atom. The topological polar surface area (TPSA) is 78.7 Å². The summed E-state index contributed by atoms with van der Waals surface area (Å²) in [6.07, 6.45) is 0.332. The Bertz CT molecular complexity index is 987. The number of carbonyl (C=O) groups excluding carboxylic acids is 1. The number of carbonyl (C=O) groups is 1. The molecule has 0 saturated heterocycles. The van der Waals surface area contributed by atoms with Crippen LogP contribution in [0.5, 0.6) is 0 Å². The average Bonchev–Trinajstić information content (AvgIpc) is 3.02. The number of hydrogen-bond acceptors (Lipinski definition) is 6. The number of aromatic nitrogens is 2. The Morgan fingerprint density at radius 2 is 2.00 bits per heavy atom. The fourth-order valence-electron chi connectivity index (χ4n) is 2.50. The summed E-state index contributed by atoms with van der Waals surface area (Å²) in [7, 11) is 0. The van der Waals surface area contributed by atoms with E-state index in [1.165, 1.54) is 23.1 Å². The van der Waals surface area contributed by atoms with Crippen molar-refractivity contribution in [3.05, 3.63) is 46.6 Å². The molecule has 26 heavy (non-hydrogen) atoms. The predicted molar refractivity (Wildman–Crippen MR) is 107 cm³/mol. The van der Waals surface area contributed by atoms with Crippen LogP contribution >= 0.6 is 23.1 Å². The number of fused-ring (bicyclic) bond motifs is 1. The van der Waals surface area contributed by atoms with Crippen molar-refractivity contribution in [2.24, 2.45) is 0 Å². The molecule has 0 aliphatic carbocycles. The van der Waals surface area contributed by atoms with Gasteiger partial charge in [0.05, 0.1) is 15.8 Å². The van der Waals surface area contributed by atoms with Gasteiger partial charge in [0.1, 0.15) is 11.1 Å².